The molecule has 0 saturated heterocycles. The highest BCUT2D eigenvalue weighted by atomic mass is 79.9. The van der Waals surface area contributed by atoms with Gasteiger partial charge in [-0.1, -0.05) is 53.2 Å². The van der Waals surface area contributed by atoms with Crippen molar-refractivity contribution in [3.8, 4) is 5.75 Å². The van der Waals surface area contributed by atoms with E-state index in [9.17, 15) is 18.0 Å². The molecule has 0 bridgehead atoms. The summed E-state index contributed by atoms with van der Waals surface area (Å²) in [6, 6.07) is 21.0. The van der Waals surface area contributed by atoms with E-state index in [0.29, 0.717) is 11.4 Å². The fraction of sp³-hybridized carbons (Fsp3) is 0.310. The van der Waals surface area contributed by atoms with Crippen LogP contribution < -0.4 is 14.4 Å². The molecule has 0 aliphatic heterocycles. The van der Waals surface area contributed by atoms with Gasteiger partial charge in [-0.05, 0) is 74.4 Å². The number of hydrogen-bond donors (Lipinski definition) is 1. The Balaban J connectivity index is 2.00. The highest BCUT2D eigenvalue weighted by molar-refractivity contribution is 9.10. The van der Waals surface area contributed by atoms with Gasteiger partial charge in [-0.15, -0.1) is 0 Å². The molecule has 0 aliphatic carbocycles. The standard InChI is InChI=1S/C29H34BrN3O5S/c1-5-21(2)31-29(35)22(3)32(19-23-10-9-11-24(30)18-23)28(34)20-33(25-12-7-6-8-13-25)39(36,37)27-16-14-26(38-4)15-17-27/h6-18,21-22H,5,19-20H2,1-4H3,(H,31,35)/t21-,22-/m0/s1. The molecule has 2 atom stereocenters. The van der Waals surface area contributed by atoms with E-state index in [1.807, 2.05) is 38.1 Å². The second kappa shape index (κ2) is 13.6. The summed E-state index contributed by atoms with van der Waals surface area (Å²) in [4.78, 5) is 28.4. The lowest BCUT2D eigenvalue weighted by Crippen LogP contribution is -2.52. The number of methoxy groups -OCH3 is 1. The monoisotopic (exact) mass is 615 g/mol. The molecule has 3 aromatic carbocycles. The molecule has 3 aromatic rings. The van der Waals surface area contributed by atoms with E-state index in [0.717, 1.165) is 20.8 Å². The van der Waals surface area contributed by atoms with E-state index in [1.165, 1.54) is 24.1 Å². The number of ether oxygens (including phenoxy) is 1. The van der Waals surface area contributed by atoms with Crippen LogP contribution in [-0.2, 0) is 26.2 Å². The third-order valence-electron chi connectivity index (χ3n) is 6.38. The van der Waals surface area contributed by atoms with Gasteiger partial charge in [0.05, 0.1) is 17.7 Å². The van der Waals surface area contributed by atoms with E-state index in [4.69, 9.17) is 4.74 Å². The van der Waals surface area contributed by atoms with Gasteiger partial charge in [0, 0.05) is 17.1 Å². The predicted molar refractivity (Wildman–Crippen MR) is 156 cm³/mol. The summed E-state index contributed by atoms with van der Waals surface area (Å²) < 4.78 is 34.7. The SMILES string of the molecule is CC[C@H](C)NC(=O)[C@H](C)N(Cc1cccc(Br)c1)C(=O)CN(c1ccccc1)S(=O)(=O)c1ccc(OC)cc1. The van der Waals surface area contributed by atoms with Crippen LogP contribution >= 0.6 is 15.9 Å². The lowest BCUT2D eigenvalue weighted by Gasteiger charge is -2.32. The highest BCUT2D eigenvalue weighted by Gasteiger charge is 2.32. The smallest absolute Gasteiger partial charge is 0.264 e. The van der Waals surface area contributed by atoms with Crippen LogP contribution in [0.5, 0.6) is 5.75 Å². The number of anilines is 1. The second-order valence-corrected chi connectivity index (χ2v) is 11.9. The molecule has 0 unspecified atom stereocenters. The number of halogens is 1. The Kier molecular flexibility index (Phi) is 10.5. The van der Waals surface area contributed by atoms with Crippen LogP contribution in [0.2, 0.25) is 0 Å². The van der Waals surface area contributed by atoms with E-state index in [-0.39, 0.29) is 23.4 Å². The van der Waals surface area contributed by atoms with Crippen LogP contribution in [0.3, 0.4) is 0 Å². The lowest BCUT2D eigenvalue weighted by molar-refractivity contribution is -0.139. The van der Waals surface area contributed by atoms with Crippen molar-refractivity contribution in [1.82, 2.24) is 10.2 Å². The Morgan fingerprint density at radius 1 is 0.974 bits per heavy atom. The van der Waals surface area contributed by atoms with Crippen LogP contribution in [0.1, 0.15) is 32.8 Å². The maximum Gasteiger partial charge on any atom is 0.264 e. The fourth-order valence-corrected chi connectivity index (χ4v) is 5.74. The first-order valence-corrected chi connectivity index (χ1v) is 14.9. The molecule has 1 N–H and O–H groups in total. The molecule has 8 nitrogen and oxygen atoms in total. The van der Waals surface area contributed by atoms with Gasteiger partial charge in [0.2, 0.25) is 11.8 Å². The number of carbonyl (C=O) groups is 2. The van der Waals surface area contributed by atoms with E-state index < -0.39 is 28.5 Å². The van der Waals surface area contributed by atoms with E-state index >= 15 is 0 Å². The average molecular weight is 617 g/mol. The summed E-state index contributed by atoms with van der Waals surface area (Å²) in [6.07, 6.45) is 0.736. The van der Waals surface area contributed by atoms with Gasteiger partial charge in [-0.3, -0.25) is 13.9 Å². The molecule has 0 heterocycles. The molecule has 208 valence electrons. The molecule has 0 aromatic heterocycles. The molecule has 0 saturated carbocycles. The van der Waals surface area contributed by atoms with Crippen LogP contribution in [0.4, 0.5) is 5.69 Å². The topological polar surface area (TPSA) is 96.0 Å². The maximum atomic E-state index is 13.9. The van der Waals surface area contributed by atoms with Gasteiger partial charge in [-0.25, -0.2) is 8.42 Å². The largest absolute Gasteiger partial charge is 0.497 e. The van der Waals surface area contributed by atoms with Gasteiger partial charge in [0.1, 0.15) is 18.3 Å². The Morgan fingerprint density at radius 3 is 2.23 bits per heavy atom. The molecular weight excluding hydrogens is 582 g/mol. The van der Waals surface area contributed by atoms with Crippen molar-refractivity contribution in [3.05, 3.63) is 88.9 Å². The number of sulfonamides is 1. The quantitative estimate of drug-likeness (QED) is 0.310. The summed E-state index contributed by atoms with van der Waals surface area (Å²) in [7, 11) is -2.64. The zero-order valence-corrected chi connectivity index (χ0v) is 24.9. The number of benzene rings is 3. The van der Waals surface area contributed by atoms with Crippen molar-refractivity contribution in [1.29, 1.82) is 0 Å². The summed E-state index contributed by atoms with van der Waals surface area (Å²) in [5, 5.41) is 2.93. The first-order chi connectivity index (χ1) is 18.6. The Labute approximate surface area is 239 Å². The van der Waals surface area contributed by atoms with Crippen molar-refractivity contribution in [3.63, 3.8) is 0 Å². The minimum absolute atomic E-state index is 0.0149. The number of rotatable bonds is 12. The summed E-state index contributed by atoms with van der Waals surface area (Å²) in [5.41, 5.74) is 1.13. The Hall–Kier alpha value is -3.37. The third kappa shape index (κ3) is 7.83. The fourth-order valence-electron chi connectivity index (χ4n) is 3.88. The molecule has 2 amide bonds. The molecule has 0 fully saturated rings. The number of nitrogens with zero attached hydrogens (tertiary/aromatic N) is 2. The van der Waals surface area contributed by atoms with Gasteiger partial charge < -0.3 is 15.0 Å². The molecule has 0 aliphatic rings. The number of para-hydroxylation sites is 1. The van der Waals surface area contributed by atoms with Crippen molar-refractivity contribution in [2.24, 2.45) is 0 Å². The van der Waals surface area contributed by atoms with Crippen LogP contribution in [-0.4, -0.2) is 50.9 Å². The van der Waals surface area contributed by atoms with E-state index in [2.05, 4.69) is 21.2 Å². The first-order valence-electron chi connectivity index (χ1n) is 12.6. The molecular formula is C29H34BrN3O5S. The summed E-state index contributed by atoms with van der Waals surface area (Å²) in [6.45, 7) is 5.13. The van der Waals surface area contributed by atoms with Gasteiger partial charge in [-0.2, -0.15) is 0 Å². The van der Waals surface area contributed by atoms with Gasteiger partial charge in [0.25, 0.3) is 10.0 Å². The van der Waals surface area contributed by atoms with Crippen LogP contribution in [0, 0.1) is 0 Å². The molecule has 0 radical (unpaired) electrons. The van der Waals surface area contributed by atoms with Crippen molar-refractivity contribution >= 4 is 43.5 Å². The molecule has 10 heteroatoms. The minimum Gasteiger partial charge on any atom is -0.497 e. The summed E-state index contributed by atoms with van der Waals surface area (Å²) in [5.74, 6) is -0.308. The number of hydrogen-bond acceptors (Lipinski definition) is 5. The zero-order valence-electron chi connectivity index (χ0n) is 22.5. The Morgan fingerprint density at radius 2 is 1.64 bits per heavy atom. The first kappa shape index (κ1) is 30.2. The van der Waals surface area contributed by atoms with E-state index in [1.54, 1.807) is 49.4 Å². The predicted octanol–water partition coefficient (Wildman–Crippen LogP) is 4.99. The van der Waals surface area contributed by atoms with Crippen molar-refractivity contribution in [2.75, 3.05) is 18.0 Å². The van der Waals surface area contributed by atoms with Crippen LogP contribution in [0.15, 0.2) is 88.2 Å². The second-order valence-electron chi connectivity index (χ2n) is 9.17. The van der Waals surface area contributed by atoms with Gasteiger partial charge in [0.15, 0.2) is 0 Å². The summed E-state index contributed by atoms with van der Waals surface area (Å²) >= 11 is 3.45. The lowest BCUT2D eigenvalue weighted by atomic mass is 10.1. The minimum atomic E-state index is -4.13. The number of carbonyl (C=O) groups excluding carboxylic acids is 2. The van der Waals surface area contributed by atoms with Crippen molar-refractivity contribution < 1.29 is 22.7 Å². The normalized spacial score (nSPS) is 12.7. The molecule has 3 rings (SSSR count). The average Bonchev–Trinajstić information content (AvgIpc) is 2.94. The highest BCUT2D eigenvalue weighted by Crippen LogP contribution is 2.26. The number of amides is 2. The molecule has 39 heavy (non-hydrogen) atoms. The van der Waals surface area contributed by atoms with Crippen molar-refractivity contribution in [2.45, 2.75) is 50.7 Å². The van der Waals surface area contributed by atoms with Gasteiger partial charge >= 0.3 is 0 Å². The maximum absolute atomic E-state index is 13.9. The van der Waals surface area contributed by atoms with Crippen LogP contribution in [0.25, 0.3) is 0 Å². The zero-order chi connectivity index (χ0) is 28.6. The Bertz CT molecular complexity index is 1370. The number of nitrogens with one attached hydrogen (secondary N) is 1. The third-order valence-corrected chi connectivity index (χ3v) is 8.66. The molecule has 0 spiro atoms.